The second-order valence-electron chi connectivity index (χ2n) is 8.27. The van der Waals surface area contributed by atoms with Crippen molar-refractivity contribution >= 4 is 18.2 Å². The fourth-order valence-corrected chi connectivity index (χ4v) is 3.21. The summed E-state index contributed by atoms with van der Waals surface area (Å²) in [5, 5.41) is 11.9. The first-order chi connectivity index (χ1) is 13.6. The number of carbonyl (C=O) groups is 3. The zero-order valence-electron chi connectivity index (χ0n) is 17.2. The van der Waals surface area contributed by atoms with Gasteiger partial charge in [0.15, 0.2) is 0 Å². The highest BCUT2D eigenvalue weighted by molar-refractivity contribution is 5.79. The molecule has 2 N–H and O–H groups in total. The summed E-state index contributed by atoms with van der Waals surface area (Å²) in [5.74, 6) is -1.18. The van der Waals surface area contributed by atoms with Crippen LogP contribution in [0.3, 0.4) is 0 Å². The Balaban J connectivity index is 1.86. The minimum absolute atomic E-state index is 0.0493. The molecule has 2 amide bonds. The Morgan fingerprint density at radius 2 is 1.93 bits per heavy atom. The molecule has 0 aromatic heterocycles. The van der Waals surface area contributed by atoms with Crippen LogP contribution in [0.1, 0.15) is 45.6 Å². The van der Waals surface area contributed by atoms with Crippen molar-refractivity contribution in [3.05, 3.63) is 35.9 Å². The molecule has 1 aliphatic rings. The molecule has 1 aliphatic heterocycles. The maximum absolute atomic E-state index is 12.3. The van der Waals surface area contributed by atoms with E-state index in [1.54, 1.807) is 25.7 Å². The summed E-state index contributed by atoms with van der Waals surface area (Å²) in [7, 11) is 0. The number of ether oxygens (including phenoxy) is 2. The quantitative estimate of drug-likeness (QED) is 0.750. The van der Waals surface area contributed by atoms with E-state index >= 15 is 0 Å². The van der Waals surface area contributed by atoms with Crippen LogP contribution in [0, 0.1) is 5.92 Å². The number of carbonyl (C=O) groups excluding carboxylic acids is 2. The van der Waals surface area contributed by atoms with Gasteiger partial charge in [-0.2, -0.15) is 0 Å². The van der Waals surface area contributed by atoms with Gasteiger partial charge in [0.05, 0.1) is 0 Å². The number of nitrogens with zero attached hydrogens (tertiary/aromatic N) is 1. The largest absolute Gasteiger partial charge is 0.480 e. The smallest absolute Gasteiger partial charge is 0.410 e. The number of hydrogen-bond donors (Lipinski definition) is 2. The Morgan fingerprint density at radius 1 is 1.24 bits per heavy atom. The zero-order valence-corrected chi connectivity index (χ0v) is 17.2. The van der Waals surface area contributed by atoms with E-state index in [-0.39, 0.29) is 18.9 Å². The van der Waals surface area contributed by atoms with Gasteiger partial charge in [0.25, 0.3) is 0 Å². The molecule has 2 atom stereocenters. The summed E-state index contributed by atoms with van der Waals surface area (Å²) in [6, 6.07) is 8.06. The first-order valence-electron chi connectivity index (χ1n) is 9.82. The molecule has 1 heterocycles. The lowest BCUT2D eigenvalue weighted by Gasteiger charge is -2.35. The van der Waals surface area contributed by atoms with Gasteiger partial charge in [-0.25, -0.2) is 14.4 Å². The average Bonchev–Trinajstić information content (AvgIpc) is 2.65. The van der Waals surface area contributed by atoms with Gasteiger partial charge in [0.2, 0.25) is 0 Å². The molecule has 0 unspecified atom stereocenters. The number of amides is 2. The zero-order chi connectivity index (χ0) is 21.4. The van der Waals surface area contributed by atoms with Crippen molar-refractivity contribution in [3.63, 3.8) is 0 Å². The summed E-state index contributed by atoms with van der Waals surface area (Å²) in [6.07, 6.45) is 0.582. The number of carboxylic acids is 1. The Bertz CT molecular complexity index is 701. The van der Waals surface area contributed by atoms with Gasteiger partial charge in [-0.15, -0.1) is 0 Å². The third kappa shape index (κ3) is 8.01. The molecule has 8 nitrogen and oxygen atoms in total. The van der Waals surface area contributed by atoms with E-state index in [0.717, 1.165) is 18.4 Å². The van der Waals surface area contributed by atoms with Crippen LogP contribution in [0.2, 0.25) is 0 Å². The average molecular weight is 406 g/mol. The summed E-state index contributed by atoms with van der Waals surface area (Å²) in [5.41, 5.74) is 0.229. The lowest BCUT2D eigenvalue weighted by Crippen LogP contribution is -2.47. The fraction of sp³-hybridized carbons (Fsp3) is 0.571. The summed E-state index contributed by atoms with van der Waals surface area (Å²) in [4.78, 5) is 37.5. The molecule has 1 aromatic carbocycles. The van der Waals surface area contributed by atoms with E-state index in [0.29, 0.717) is 13.1 Å². The molecule has 8 heteroatoms. The first-order valence-corrected chi connectivity index (χ1v) is 9.82. The van der Waals surface area contributed by atoms with Crippen LogP contribution in [0.5, 0.6) is 0 Å². The van der Waals surface area contributed by atoms with E-state index in [9.17, 15) is 19.5 Å². The van der Waals surface area contributed by atoms with Gasteiger partial charge >= 0.3 is 18.2 Å². The van der Waals surface area contributed by atoms with E-state index in [1.807, 2.05) is 30.3 Å². The topological polar surface area (TPSA) is 105 Å². The van der Waals surface area contributed by atoms with Gasteiger partial charge in [0.1, 0.15) is 18.2 Å². The molecule has 1 saturated heterocycles. The van der Waals surface area contributed by atoms with Crippen LogP contribution in [-0.4, -0.2) is 52.9 Å². The highest BCUT2D eigenvalue weighted by atomic mass is 16.6. The third-order valence-corrected chi connectivity index (χ3v) is 4.54. The fourth-order valence-electron chi connectivity index (χ4n) is 3.21. The SMILES string of the molecule is CC(C)(C)OC(=O)N1CCC[C@@H](C[C@H](NC(=O)OCc2ccccc2)C(=O)O)C1. The van der Waals surface area contributed by atoms with Gasteiger partial charge < -0.3 is 24.8 Å². The van der Waals surface area contributed by atoms with Gasteiger partial charge in [-0.05, 0) is 51.5 Å². The molecular formula is C21H30N2O6. The standard InChI is InChI=1S/C21H30N2O6/c1-21(2,3)29-20(27)23-11-7-10-16(13-23)12-17(18(24)25)22-19(26)28-14-15-8-5-4-6-9-15/h4-6,8-9,16-17H,7,10-14H2,1-3H3,(H,22,26)(H,24,25)/t16-,17-/m0/s1. The van der Waals surface area contributed by atoms with Crippen molar-refractivity contribution in [1.29, 1.82) is 0 Å². The molecule has 0 radical (unpaired) electrons. The maximum atomic E-state index is 12.3. The highest BCUT2D eigenvalue weighted by Gasteiger charge is 2.31. The molecule has 0 saturated carbocycles. The number of carboxylic acid groups (broad SMARTS) is 1. The number of benzene rings is 1. The van der Waals surface area contributed by atoms with Crippen molar-refractivity contribution in [3.8, 4) is 0 Å². The lowest BCUT2D eigenvalue weighted by molar-refractivity contribution is -0.140. The Morgan fingerprint density at radius 3 is 2.55 bits per heavy atom. The number of rotatable bonds is 6. The Kier molecular flexibility index (Phi) is 7.87. The number of likely N-dealkylation sites (tertiary alicyclic amines) is 1. The number of nitrogens with one attached hydrogen (secondary N) is 1. The molecular weight excluding hydrogens is 376 g/mol. The maximum Gasteiger partial charge on any atom is 0.410 e. The third-order valence-electron chi connectivity index (χ3n) is 4.54. The molecule has 0 aliphatic carbocycles. The summed E-state index contributed by atoms with van der Waals surface area (Å²) >= 11 is 0. The van der Waals surface area contributed by atoms with Gasteiger partial charge in [0, 0.05) is 13.1 Å². The van der Waals surface area contributed by atoms with Crippen molar-refractivity contribution < 1.29 is 29.0 Å². The molecule has 160 valence electrons. The monoisotopic (exact) mass is 406 g/mol. The van der Waals surface area contributed by atoms with Crippen LogP contribution >= 0.6 is 0 Å². The van der Waals surface area contributed by atoms with Crippen molar-refractivity contribution in [2.45, 2.75) is 58.3 Å². The second kappa shape index (κ2) is 10.1. The summed E-state index contributed by atoms with van der Waals surface area (Å²) in [6.45, 7) is 6.46. The van der Waals surface area contributed by atoms with Crippen LogP contribution in [0.4, 0.5) is 9.59 Å². The summed E-state index contributed by atoms with van der Waals surface area (Å²) < 4.78 is 10.5. The number of aliphatic carboxylic acids is 1. The van der Waals surface area contributed by atoms with E-state index in [2.05, 4.69) is 5.32 Å². The molecule has 2 rings (SSSR count). The predicted molar refractivity (Wildman–Crippen MR) is 106 cm³/mol. The van der Waals surface area contributed by atoms with Crippen LogP contribution in [0.15, 0.2) is 30.3 Å². The van der Waals surface area contributed by atoms with E-state index in [4.69, 9.17) is 9.47 Å². The lowest BCUT2D eigenvalue weighted by atomic mass is 9.91. The molecule has 1 aromatic rings. The molecule has 29 heavy (non-hydrogen) atoms. The molecule has 1 fully saturated rings. The number of hydrogen-bond acceptors (Lipinski definition) is 5. The first kappa shape index (κ1) is 22.5. The minimum Gasteiger partial charge on any atom is -0.480 e. The van der Waals surface area contributed by atoms with Crippen molar-refractivity contribution in [1.82, 2.24) is 10.2 Å². The normalized spacial score (nSPS) is 17.9. The van der Waals surface area contributed by atoms with Crippen LogP contribution in [0.25, 0.3) is 0 Å². The Hall–Kier alpha value is -2.77. The number of piperidine rings is 1. The van der Waals surface area contributed by atoms with Gasteiger partial charge in [-0.1, -0.05) is 30.3 Å². The predicted octanol–water partition coefficient (Wildman–Crippen LogP) is 3.40. The van der Waals surface area contributed by atoms with Crippen molar-refractivity contribution in [2.24, 2.45) is 5.92 Å². The number of alkyl carbamates (subject to hydrolysis) is 1. The Labute approximate surface area is 171 Å². The van der Waals surface area contributed by atoms with Gasteiger partial charge in [-0.3, -0.25) is 0 Å². The van der Waals surface area contributed by atoms with Crippen molar-refractivity contribution in [2.75, 3.05) is 13.1 Å². The molecule has 0 bridgehead atoms. The minimum atomic E-state index is -1.13. The van der Waals surface area contributed by atoms with Crippen LogP contribution in [-0.2, 0) is 20.9 Å². The second-order valence-corrected chi connectivity index (χ2v) is 8.27. The highest BCUT2D eigenvalue weighted by Crippen LogP contribution is 2.23. The van der Waals surface area contributed by atoms with E-state index < -0.39 is 29.8 Å². The molecule has 0 spiro atoms. The van der Waals surface area contributed by atoms with Crippen LogP contribution < -0.4 is 5.32 Å². The van der Waals surface area contributed by atoms with E-state index in [1.165, 1.54) is 0 Å².